The predicted octanol–water partition coefficient (Wildman–Crippen LogP) is 1.60. The van der Waals surface area contributed by atoms with Crippen molar-refractivity contribution >= 4 is 39.7 Å². The molecule has 0 radical (unpaired) electrons. The maximum Gasteiger partial charge on any atom is 0.335 e. The fourth-order valence-corrected chi connectivity index (χ4v) is 3.78. The number of rotatable bonds is 5. The maximum atomic E-state index is 12.5. The number of benzene rings is 1. The number of pyridine rings is 1. The maximum absolute atomic E-state index is 12.5. The number of aromatic hydroxyl groups is 1. The van der Waals surface area contributed by atoms with E-state index in [0.717, 1.165) is 11.3 Å². The molecule has 0 atom stereocenters. The second-order valence-electron chi connectivity index (χ2n) is 5.67. The van der Waals surface area contributed by atoms with Crippen LogP contribution in [0.15, 0.2) is 35.1 Å². The molecular formula is C18H14N2O6S. The minimum absolute atomic E-state index is 0.143. The minimum Gasteiger partial charge on any atom is -0.505 e. The number of aromatic carboxylic acids is 1. The molecule has 0 saturated carbocycles. The second kappa shape index (κ2) is 7.04. The minimum atomic E-state index is -1.04. The van der Waals surface area contributed by atoms with E-state index in [4.69, 9.17) is 5.11 Å². The first-order valence-electron chi connectivity index (χ1n) is 7.76. The van der Waals surface area contributed by atoms with Gasteiger partial charge in [0.15, 0.2) is 5.75 Å². The summed E-state index contributed by atoms with van der Waals surface area (Å²) >= 11 is 1.16. The van der Waals surface area contributed by atoms with E-state index in [0.29, 0.717) is 26.9 Å². The molecule has 8 nitrogen and oxygen atoms in total. The van der Waals surface area contributed by atoms with Crippen LogP contribution < -0.4 is 10.9 Å². The highest BCUT2D eigenvalue weighted by Gasteiger charge is 2.23. The average molecular weight is 386 g/mol. The van der Waals surface area contributed by atoms with Gasteiger partial charge in [-0.2, -0.15) is 0 Å². The Bertz CT molecular complexity index is 1130. The van der Waals surface area contributed by atoms with Crippen molar-refractivity contribution in [2.24, 2.45) is 7.05 Å². The molecule has 138 valence electrons. The van der Waals surface area contributed by atoms with Crippen molar-refractivity contribution in [3.8, 4) is 16.2 Å². The van der Waals surface area contributed by atoms with Gasteiger partial charge in [0.05, 0.1) is 22.3 Å². The summed E-state index contributed by atoms with van der Waals surface area (Å²) in [6.07, 6.45) is 0.474. The van der Waals surface area contributed by atoms with Crippen LogP contribution in [0.3, 0.4) is 0 Å². The quantitative estimate of drug-likeness (QED) is 0.572. The number of hydrogen-bond acceptors (Lipinski definition) is 6. The molecule has 0 aliphatic heterocycles. The molecule has 2 heterocycles. The van der Waals surface area contributed by atoms with Gasteiger partial charge in [0.1, 0.15) is 11.8 Å². The van der Waals surface area contributed by atoms with Crippen LogP contribution in [-0.4, -0.2) is 39.5 Å². The Morgan fingerprint density at radius 2 is 1.93 bits per heavy atom. The first kappa shape index (κ1) is 18.3. The van der Waals surface area contributed by atoms with Crippen LogP contribution in [0.4, 0.5) is 0 Å². The molecule has 1 amide bonds. The molecule has 0 saturated heterocycles. The highest BCUT2D eigenvalue weighted by molar-refractivity contribution is 7.22. The van der Waals surface area contributed by atoms with E-state index in [9.17, 15) is 24.3 Å². The van der Waals surface area contributed by atoms with Crippen molar-refractivity contribution in [1.29, 1.82) is 0 Å². The summed E-state index contributed by atoms with van der Waals surface area (Å²) in [5, 5.41) is 21.7. The monoisotopic (exact) mass is 386 g/mol. The van der Waals surface area contributed by atoms with Gasteiger partial charge in [0.2, 0.25) is 0 Å². The molecule has 2 aromatic heterocycles. The third kappa shape index (κ3) is 3.20. The summed E-state index contributed by atoms with van der Waals surface area (Å²) in [6.45, 7) is -0.273. The van der Waals surface area contributed by atoms with Gasteiger partial charge >= 0.3 is 5.97 Å². The van der Waals surface area contributed by atoms with Gasteiger partial charge in [-0.1, -0.05) is 12.1 Å². The molecule has 0 fully saturated rings. The molecule has 0 aliphatic carbocycles. The Kier molecular flexibility index (Phi) is 4.78. The summed E-state index contributed by atoms with van der Waals surface area (Å²) in [5.41, 5.74) is 0.173. The van der Waals surface area contributed by atoms with Gasteiger partial charge in [-0.3, -0.25) is 9.59 Å². The Balaban J connectivity index is 2.15. The van der Waals surface area contributed by atoms with Crippen LogP contribution in [0.25, 0.3) is 20.7 Å². The van der Waals surface area contributed by atoms with Crippen molar-refractivity contribution in [1.82, 2.24) is 9.88 Å². The van der Waals surface area contributed by atoms with Crippen LogP contribution in [0.1, 0.15) is 20.7 Å². The fraction of sp³-hybridized carbons (Fsp3) is 0.111. The number of aromatic nitrogens is 1. The third-order valence-electron chi connectivity index (χ3n) is 4.03. The lowest BCUT2D eigenvalue weighted by atomic mass is 10.1. The summed E-state index contributed by atoms with van der Waals surface area (Å²) < 4.78 is 1.59. The van der Waals surface area contributed by atoms with Gasteiger partial charge < -0.3 is 24.9 Å². The number of aldehydes is 1. The lowest BCUT2D eigenvalue weighted by Crippen LogP contribution is -2.33. The molecule has 3 aromatic rings. The Morgan fingerprint density at radius 1 is 1.26 bits per heavy atom. The number of fused-ring (bicyclic) bond motifs is 1. The zero-order valence-electron chi connectivity index (χ0n) is 14.1. The zero-order chi connectivity index (χ0) is 19.7. The molecule has 0 spiro atoms. The van der Waals surface area contributed by atoms with E-state index in [-0.39, 0.29) is 12.1 Å². The van der Waals surface area contributed by atoms with Crippen LogP contribution in [0.2, 0.25) is 0 Å². The highest BCUT2D eigenvalue weighted by atomic mass is 32.1. The summed E-state index contributed by atoms with van der Waals surface area (Å²) in [6, 6.07) is 7.85. The summed E-state index contributed by atoms with van der Waals surface area (Å²) in [4.78, 5) is 46.7. The van der Waals surface area contributed by atoms with Gasteiger partial charge in [0, 0.05) is 11.9 Å². The van der Waals surface area contributed by atoms with Crippen LogP contribution in [-0.2, 0) is 11.8 Å². The standard InChI is InChI=1S/C18H14N2O6S/c1-20-11-8-12(9-2-4-10(5-3-9)18(25)26)27-15(11)14(22)13(17(20)24)16(23)19-6-7-21/h2-5,7-8,22H,6H2,1H3,(H,19,23)(H,25,26). The first-order valence-corrected chi connectivity index (χ1v) is 8.57. The number of carbonyl (C=O) groups excluding carboxylic acids is 2. The van der Waals surface area contributed by atoms with E-state index >= 15 is 0 Å². The lowest BCUT2D eigenvalue weighted by molar-refractivity contribution is -0.107. The van der Waals surface area contributed by atoms with Gasteiger partial charge in [-0.05, 0) is 23.8 Å². The Hall–Kier alpha value is -3.46. The number of hydrogen-bond donors (Lipinski definition) is 3. The number of nitrogens with zero attached hydrogens (tertiary/aromatic N) is 1. The summed E-state index contributed by atoms with van der Waals surface area (Å²) in [5.74, 6) is -2.32. The van der Waals surface area contributed by atoms with Crippen molar-refractivity contribution in [3.63, 3.8) is 0 Å². The number of nitrogens with one attached hydrogen (secondary N) is 1. The first-order chi connectivity index (χ1) is 12.8. The van der Waals surface area contributed by atoms with Crippen LogP contribution >= 0.6 is 11.3 Å². The highest BCUT2D eigenvalue weighted by Crippen LogP contribution is 2.38. The lowest BCUT2D eigenvalue weighted by Gasteiger charge is -2.08. The molecule has 0 unspecified atom stereocenters. The number of amides is 1. The largest absolute Gasteiger partial charge is 0.505 e. The van der Waals surface area contributed by atoms with Gasteiger partial charge in [-0.15, -0.1) is 11.3 Å². The van der Waals surface area contributed by atoms with E-state index in [1.807, 2.05) is 0 Å². The Morgan fingerprint density at radius 3 is 2.52 bits per heavy atom. The molecule has 3 rings (SSSR count). The SMILES string of the molecule is Cn1c(=O)c(C(=O)NCC=O)c(O)c2sc(-c3ccc(C(=O)O)cc3)cc21. The van der Waals surface area contributed by atoms with E-state index in [2.05, 4.69) is 5.32 Å². The number of carboxylic acids is 1. The van der Waals surface area contributed by atoms with E-state index in [1.54, 1.807) is 18.2 Å². The normalized spacial score (nSPS) is 10.7. The summed E-state index contributed by atoms with van der Waals surface area (Å²) in [7, 11) is 1.48. The number of thiophene rings is 1. The number of carbonyl (C=O) groups is 3. The third-order valence-corrected chi connectivity index (χ3v) is 5.21. The molecular weight excluding hydrogens is 372 g/mol. The number of carboxylic acid groups (broad SMARTS) is 1. The molecule has 27 heavy (non-hydrogen) atoms. The van der Waals surface area contributed by atoms with E-state index in [1.165, 1.54) is 23.7 Å². The molecule has 9 heteroatoms. The van der Waals surface area contributed by atoms with E-state index < -0.39 is 28.7 Å². The van der Waals surface area contributed by atoms with Crippen LogP contribution in [0.5, 0.6) is 5.75 Å². The smallest absolute Gasteiger partial charge is 0.335 e. The molecule has 1 aromatic carbocycles. The van der Waals surface area contributed by atoms with Crippen LogP contribution in [0, 0.1) is 0 Å². The van der Waals surface area contributed by atoms with Gasteiger partial charge in [-0.25, -0.2) is 4.79 Å². The topological polar surface area (TPSA) is 126 Å². The molecule has 3 N–H and O–H groups in total. The fourth-order valence-electron chi connectivity index (χ4n) is 2.64. The average Bonchev–Trinajstić information content (AvgIpc) is 3.10. The van der Waals surface area contributed by atoms with Crippen molar-refractivity contribution in [2.45, 2.75) is 0 Å². The predicted molar refractivity (Wildman–Crippen MR) is 99.5 cm³/mol. The van der Waals surface area contributed by atoms with Crippen molar-refractivity contribution in [3.05, 3.63) is 51.8 Å². The molecule has 0 aliphatic rings. The van der Waals surface area contributed by atoms with Crippen molar-refractivity contribution < 1.29 is 24.6 Å². The molecule has 0 bridgehead atoms. The zero-order valence-corrected chi connectivity index (χ0v) is 14.9. The van der Waals surface area contributed by atoms with Crippen molar-refractivity contribution in [2.75, 3.05) is 6.54 Å². The van der Waals surface area contributed by atoms with Gasteiger partial charge in [0.25, 0.3) is 11.5 Å². The second-order valence-corrected chi connectivity index (χ2v) is 6.72. The Labute approximate surface area is 156 Å². The number of aryl methyl sites for hydroxylation is 1.